The van der Waals surface area contributed by atoms with Crippen molar-refractivity contribution in [3.05, 3.63) is 23.8 Å². The summed E-state index contributed by atoms with van der Waals surface area (Å²) in [6.07, 6.45) is 6.66. The van der Waals surface area contributed by atoms with E-state index in [0.717, 1.165) is 68.6 Å². The zero-order valence-electron chi connectivity index (χ0n) is 21.2. The van der Waals surface area contributed by atoms with Gasteiger partial charge in [0.15, 0.2) is 0 Å². The summed E-state index contributed by atoms with van der Waals surface area (Å²) in [7, 11) is 5.97. The topological polar surface area (TPSA) is 78.4 Å². The molecule has 3 rings (SSSR count). The summed E-state index contributed by atoms with van der Waals surface area (Å²) in [5.74, 6) is 2.77. The van der Waals surface area contributed by atoms with Gasteiger partial charge in [0.2, 0.25) is 17.8 Å². The summed E-state index contributed by atoms with van der Waals surface area (Å²) in [5.41, 5.74) is 1.99. The molecular weight excluding hydrogens is 414 g/mol. The fourth-order valence-electron chi connectivity index (χ4n) is 4.44. The molecule has 182 valence electrons. The first-order chi connectivity index (χ1) is 15.9. The quantitative estimate of drug-likeness (QED) is 0.498. The van der Waals surface area contributed by atoms with Gasteiger partial charge in [-0.25, -0.2) is 0 Å². The lowest BCUT2D eigenvalue weighted by atomic mass is 10.0. The average molecular weight is 456 g/mol. The summed E-state index contributed by atoms with van der Waals surface area (Å²) in [4.78, 5) is 19.0. The highest BCUT2D eigenvalue weighted by Crippen LogP contribution is 2.26. The minimum atomic E-state index is 0.361. The summed E-state index contributed by atoms with van der Waals surface area (Å²) >= 11 is 0. The number of hydrogen-bond acceptors (Lipinski definition) is 8. The van der Waals surface area contributed by atoms with Gasteiger partial charge < -0.3 is 25.2 Å². The molecule has 8 nitrogen and oxygen atoms in total. The molecule has 2 N–H and O–H groups in total. The van der Waals surface area contributed by atoms with Gasteiger partial charge in [0.25, 0.3) is 0 Å². The summed E-state index contributed by atoms with van der Waals surface area (Å²) in [6, 6.07) is 6.78. The molecule has 0 spiro atoms. The number of ether oxygens (including phenoxy) is 1. The van der Waals surface area contributed by atoms with Gasteiger partial charge in [-0.2, -0.15) is 15.0 Å². The van der Waals surface area contributed by atoms with E-state index in [2.05, 4.69) is 48.4 Å². The van der Waals surface area contributed by atoms with Gasteiger partial charge in [-0.05, 0) is 76.5 Å². The van der Waals surface area contributed by atoms with E-state index in [9.17, 15) is 0 Å². The highest BCUT2D eigenvalue weighted by Gasteiger charge is 2.24. The number of likely N-dealkylation sites (tertiary alicyclic amines) is 1. The van der Waals surface area contributed by atoms with Crippen LogP contribution in [0.1, 0.15) is 57.9 Å². The molecule has 1 aromatic heterocycles. The molecule has 33 heavy (non-hydrogen) atoms. The molecule has 1 aliphatic heterocycles. The van der Waals surface area contributed by atoms with E-state index >= 15 is 0 Å². The lowest BCUT2D eigenvalue weighted by molar-refractivity contribution is 0.252. The van der Waals surface area contributed by atoms with Crippen LogP contribution < -0.4 is 20.3 Å². The normalized spacial score (nSPS) is 15.0. The van der Waals surface area contributed by atoms with Crippen LogP contribution in [0.4, 0.5) is 23.5 Å². The van der Waals surface area contributed by atoms with E-state index < -0.39 is 0 Å². The van der Waals surface area contributed by atoms with Gasteiger partial charge in [0, 0.05) is 24.8 Å². The standard InChI is InChI=1S/C25H41N7O/c1-7-9-19(10-8-2)26-23-28-24(27-20-11-12-22(33-6)18(3)17-20)30-25(29-23)32(5)21-13-15-31(4)16-14-21/h11-12,17,19,21H,7-10,13-16H2,1-6H3,(H2,26,27,28,29,30). The largest absolute Gasteiger partial charge is 0.496 e. The lowest BCUT2D eigenvalue weighted by Gasteiger charge is -2.35. The van der Waals surface area contributed by atoms with E-state index in [-0.39, 0.29) is 0 Å². The summed E-state index contributed by atoms with van der Waals surface area (Å²) in [6.45, 7) is 8.66. The van der Waals surface area contributed by atoms with Crippen molar-refractivity contribution in [3.63, 3.8) is 0 Å². The zero-order valence-corrected chi connectivity index (χ0v) is 21.2. The van der Waals surface area contributed by atoms with E-state index in [4.69, 9.17) is 19.7 Å². The van der Waals surface area contributed by atoms with Crippen LogP contribution in [-0.2, 0) is 0 Å². The first-order valence-corrected chi connectivity index (χ1v) is 12.3. The molecule has 0 saturated carbocycles. The van der Waals surface area contributed by atoms with Gasteiger partial charge in [0.1, 0.15) is 5.75 Å². The van der Waals surface area contributed by atoms with Crippen molar-refractivity contribution < 1.29 is 4.74 Å². The molecule has 2 heterocycles. The minimum absolute atomic E-state index is 0.361. The molecular formula is C25H41N7O. The number of aromatic nitrogens is 3. The van der Waals surface area contributed by atoms with Gasteiger partial charge in [0.05, 0.1) is 7.11 Å². The second-order valence-corrected chi connectivity index (χ2v) is 9.16. The fourth-order valence-corrected chi connectivity index (χ4v) is 4.44. The average Bonchev–Trinajstić information content (AvgIpc) is 2.79. The maximum atomic E-state index is 5.40. The van der Waals surface area contributed by atoms with Crippen LogP contribution in [0.25, 0.3) is 0 Å². The number of nitrogens with one attached hydrogen (secondary N) is 2. The van der Waals surface area contributed by atoms with Gasteiger partial charge in [-0.1, -0.05) is 26.7 Å². The van der Waals surface area contributed by atoms with Crippen molar-refractivity contribution in [3.8, 4) is 5.75 Å². The van der Waals surface area contributed by atoms with Gasteiger partial charge in [-0.3, -0.25) is 0 Å². The molecule has 1 saturated heterocycles. The smallest absolute Gasteiger partial charge is 0.233 e. The molecule has 1 aromatic carbocycles. The second kappa shape index (κ2) is 12.0. The number of benzene rings is 1. The second-order valence-electron chi connectivity index (χ2n) is 9.16. The van der Waals surface area contributed by atoms with Crippen LogP contribution in [-0.4, -0.2) is 66.2 Å². The van der Waals surface area contributed by atoms with Crippen molar-refractivity contribution in [2.75, 3.05) is 49.8 Å². The van der Waals surface area contributed by atoms with Gasteiger partial charge in [-0.15, -0.1) is 0 Å². The highest BCUT2D eigenvalue weighted by molar-refractivity contribution is 5.59. The Labute approximate surface area is 199 Å². The van der Waals surface area contributed by atoms with E-state index in [1.807, 2.05) is 25.1 Å². The maximum absolute atomic E-state index is 5.40. The summed E-state index contributed by atoms with van der Waals surface area (Å²) in [5, 5.41) is 6.97. The van der Waals surface area contributed by atoms with Crippen LogP contribution in [0.5, 0.6) is 5.75 Å². The molecule has 1 aliphatic rings. The van der Waals surface area contributed by atoms with Crippen molar-refractivity contribution in [1.29, 1.82) is 0 Å². The molecule has 0 amide bonds. The Morgan fingerprint density at radius 3 is 2.36 bits per heavy atom. The van der Waals surface area contributed by atoms with Gasteiger partial charge >= 0.3 is 0 Å². The molecule has 0 unspecified atom stereocenters. The molecule has 0 bridgehead atoms. The molecule has 0 atom stereocenters. The maximum Gasteiger partial charge on any atom is 0.233 e. The fraction of sp³-hybridized carbons (Fsp3) is 0.640. The Hall–Kier alpha value is -2.61. The Morgan fingerprint density at radius 2 is 1.76 bits per heavy atom. The predicted molar refractivity (Wildman–Crippen MR) is 137 cm³/mol. The van der Waals surface area contributed by atoms with Crippen LogP contribution in [0.2, 0.25) is 0 Å². The molecule has 0 radical (unpaired) electrons. The predicted octanol–water partition coefficient (Wildman–Crippen LogP) is 4.84. The number of nitrogens with zero attached hydrogens (tertiary/aromatic N) is 5. The van der Waals surface area contributed by atoms with Crippen molar-refractivity contribution in [1.82, 2.24) is 19.9 Å². The first-order valence-electron chi connectivity index (χ1n) is 12.3. The molecule has 8 heteroatoms. The number of hydrogen-bond donors (Lipinski definition) is 2. The zero-order chi connectivity index (χ0) is 23.8. The Bertz CT molecular complexity index is 877. The number of rotatable bonds is 11. The lowest BCUT2D eigenvalue weighted by Crippen LogP contribution is -2.42. The third-order valence-electron chi connectivity index (χ3n) is 6.43. The Kier molecular flexibility index (Phi) is 9.11. The van der Waals surface area contributed by atoms with Crippen molar-refractivity contribution in [2.24, 2.45) is 0 Å². The Morgan fingerprint density at radius 1 is 1.09 bits per heavy atom. The van der Waals surface area contributed by atoms with E-state index in [0.29, 0.717) is 29.9 Å². The minimum Gasteiger partial charge on any atom is -0.496 e. The van der Waals surface area contributed by atoms with Crippen molar-refractivity contribution >= 4 is 23.5 Å². The molecule has 1 fully saturated rings. The van der Waals surface area contributed by atoms with Crippen LogP contribution >= 0.6 is 0 Å². The van der Waals surface area contributed by atoms with Crippen LogP contribution in [0.3, 0.4) is 0 Å². The van der Waals surface area contributed by atoms with Crippen molar-refractivity contribution in [2.45, 2.75) is 71.4 Å². The number of aryl methyl sites for hydroxylation is 1. The third-order valence-corrected chi connectivity index (χ3v) is 6.43. The first kappa shape index (κ1) is 25.0. The van der Waals surface area contributed by atoms with Crippen LogP contribution in [0, 0.1) is 6.92 Å². The molecule has 2 aromatic rings. The summed E-state index contributed by atoms with van der Waals surface area (Å²) < 4.78 is 5.40. The number of piperidine rings is 1. The monoisotopic (exact) mass is 455 g/mol. The Balaban J connectivity index is 1.88. The SMILES string of the molecule is CCCC(CCC)Nc1nc(Nc2ccc(OC)c(C)c2)nc(N(C)C2CCN(C)CC2)n1. The molecule has 0 aliphatic carbocycles. The van der Waals surface area contributed by atoms with E-state index in [1.165, 1.54) is 0 Å². The van der Waals surface area contributed by atoms with E-state index in [1.54, 1.807) is 7.11 Å². The number of methoxy groups -OCH3 is 1. The third kappa shape index (κ3) is 6.93. The highest BCUT2D eigenvalue weighted by atomic mass is 16.5. The number of anilines is 4. The van der Waals surface area contributed by atoms with Crippen LogP contribution in [0.15, 0.2) is 18.2 Å².